The Morgan fingerprint density at radius 2 is 0.667 bits per heavy atom. The topological polar surface area (TPSA) is 194 Å². The van der Waals surface area contributed by atoms with E-state index >= 15 is 0 Å². The van der Waals surface area contributed by atoms with Gasteiger partial charge in [0.1, 0.15) is 0 Å². The molecule has 15 heavy (non-hydrogen) atoms. The molecular formula is H10O9Si2Zn4. The third-order valence-electron chi connectivity index (χ3n) is 0.274. The van der Waals surface area contributed by atoms with Crippen LogP contribution in [0.25, 0.3) is 0 Å². The molecule has 0 unspecified atom stereocenters. The van der Waals surface area contributed by atoms with Gasteiger partial charge >= 0.3 is 18.1 Å². The van der Waals surface area contributed by atoms with E-state index in [0.717, 1.165) is 0 Å². The van der Waals surface area contributed by atoms with Gasteiger partial charge in [0, 0.05) is 77.9 Å². The molecule has 0 aliphatic heterocycles. The molecule has 0 aromatic heterocycles. The number of hydrogen-bond acceptors (Lipinski definition) is 7. The average Bonchev–Trinajstić information content (AvgIpc) is 1.14. The zero-order valence-electron chi connectivity index (χ0n) is 7.92. The van der Waals surface area contributed by atoms with Crippen LogP contribution in [0.1, 0.15) is 0 Å². The maximum atomic E-state index is 7.94. The zero-order valence-corrected chi connectivity index (χ0v) is 21.8. The van der Waals surface area contributed by atoms with Crippen LogP contribution in [0.5, 0.6) is 0 Å². The predicted molar refractivity (Wildman–Crippen MR) is 33.1 cm³/mol. The summed E-state index contributed by atoms with van der Waals surface area (Å²) in [5.41, 5.74) is 0. The van der Waals surface area contributed by atoms with Crippen LogP contribution in [0, 0.1) is 0 Å². The van der Waals surface area contributed by atoms with Crippen molar-refractivity contribution in [2.75, 3.05) is 0 Å². The van der Waals surface area contributed by atoms with Gasteiger partial charge in [-0.15, -0.1) is 0 Å². The molecule has 0 saturated carbocycles. The summed E-state index contributed by atoms with van der Waals surface area (Å²) in [6.45, 7) is 0. The molecule has 0 rings (SSSR count). The molecule has 0 amide bonds. The summed E-state index contributed by atoms with van der Waals surface area (Å²) in [5.74, 6) is 0. The molecule has 0 aliphatic rings. The quantitative estimate of drug-likeness (QED) is 0.216. The van der Waals surface area contributed by atoms with Gasteiger partial charge in [-0.2, -0.15) is 0 Å². The smallest absolute Gasteiger partial charge is 0.412 e. The third-order valence-corrected chi connectivity index (χ3v) is 2.46. The normalized spacial score (nSPS) is 8.40. The summed E-state index contributed by atoms with van der Waals surface area (Å²) in [4.78, 5) is 47.6. The van der Waals surface area contributed by atoms with Gasteiger partial charge < -0.3 is 43.8 Å². The standard InChI is InChI=1S/H6O7Si2.2H2O.4Zn/c1-8(2,3)7-9(4,5)6;;;;;;/h1-6H;2*1H2;;;;. The second-order valence-electron chi connectivity index (χ2n) is 1.25. The van der Waals surface area contributed by atoms with E-state index in [1.807, 2.05) is 0 Å². The Labute approximate surface area is 138 Å². The van der Waals surface area contributed by atoms with Gasteiger partial charge in [0.2, 0.25) is 0 Å². The third kappa shape index (κ3) is 47.9. The minimum absolute atomic E-state index is 0. The van der Waals surface area contributed by atoms with E-state index in [4.69, 9.17) is 28.8 Å². The Morgan fingerprint density at radius 3 is 0.667 bits per heavy atom. The first kappa shape index (κ1) is 43.2. The van der Waals surface area contributed by atoms with E-state index < -0.39 is 18.1 Å². The summed E-state index contributed by atoms with van der Waals surface area (Å²) in [7, 11) is -9.96. The first-order valence-corrected chi connectivity index (χ1v) is 5.25. The van der Waals surface area contributed by atoms with Crippen molar-refractivity contribution in [2.45, 2.75) is 0 Å². The van der Waals surface area contributed by atoms with Gasteiger partial charge in [-0.05, 0) is 0 Å². The maximum Gasteiger partial charge on any atom is 0.665 e. The molecule has 0 atom stereocenters. The van der Waals surface area contributed by atoms with Crippen LogP contribution in [0.3, 0.4) is 0 Å². The maximum absolute atomic E-state index is 7.94. The van der Waals surface area contributed by atoms with Gasteiger partial charge in [-0.3, -0.25) is 0 Å². The Kier molecular flexibility index (Phi) is 47.7. The van der Waals surface area contributed by atoms with Gasteiger partial charge in [0.05, 0.1) is 0 Å². The van der Waals surface area contributed by atoms with Crippen molar-refractivity contribution in [3.05, 3.63) is 0 Å². The van der Waals surface area contributed by atoms with Crippen molar-refractivity contribution in [1.29, 1.82) is 0 Å². The largest absolute Gasteiger partial charge is 0.665 e. The second-order valence-corrected chi connectivity index (χ2v) is 4.36. The van der Waals surface area contributed by atoms with Gasteiger partial charge in [0.15, 0.2) is 0 Å². The average molecular weight is 472 g/mol. The first-order chi connectivity index (χ1) is 3.71. The minimum Gasteiger partial charge on any atom is -0.412 e. The van der Waals surface area contributed by atoms with Crippen molar-refractivity contribution in [1.82, 2.24) is 0 Å². The minimum atomic E-state index is -4.98. The molecule has 0 radical (unpaired) electrons. The van der Waals surface area contributed by atoms with Crippen molar-refractivity contribution in [3.63, 3.8) is 0 Å². The molecule has 0 aromatic carbocycles. The van der Waals surface area contributed by atoms with E-state index in [0.29, 0.717) is 0 Å². The van der Waals surface area contributed by atoms with Gasteiger partial charge in [-0.1, -0.05) is 0 Å². The SMILES string of the molecule is O.O.O[Si](O)(O)O[Si](O)(O)O.[Zn].[Zn].[Zn].[Zn]. The van der Waals surface area contributed by atoms with Crippen molar-refractivity contribution < 1.29 is 122 Å². The van der Waals surface area contributed by atoms with Crippen molar-refractivity contribution >= 4 is 18.1 Å². The molecular weight excluding hydrogens is 462 g/mol. The summed E-state index contributed by atoms with van der Waals surface area (Å²) in [5, 5.41) is 0. The predicted octanol–water partition coefficient (Wildman–Crippen LogP) is -5.83. The molecule has 80 valence electrons. The second kappa shape index (κ2) is 16.6. The van der Waals surface area contributed by atoms with Crippen LogP contribution in [-0.2, 0) is 82.0 Å². The van der Waals surface area contributed by atoms with E-state index in [9.17, 15) is 0 Å². The van der Waals surface area contributed by atoms with E-state index in [1.165, 1.54) is 0 Å². The molecule has 15 heteroatoms. The summed E-state index contributed by atoms with van der Waals surface area (Å²) in [6, 6.07) is 0. The monoisotopic (exact) mass is 466 g/mol. The molecule has 0 bridgehead atoms. The van der Waals surface area contributed by atoms with Crippen LogP contribution in [0.2, 0.25) is 0 Å². The Morgan fingerprint density at radius 1 is 0.533 bits per heavy atom. The number of hydrogen-bond donors (Lipinski definition) is 6. The summed E-state index contributed by atoms with van der Waals surface area (Å²) >= 11 is 0. The van der Waals surface area contributed by atoms with E-state index in [2.05, 4.69) is 4.12 Å². The van der Waals surface area contributed by atoms with E-state index in [1.54, 1.807) is 0 Å². The Bertz CT molecular complexity index is 85.3. The van der Waals surface area contributed by atoms with Crippen molar-refractivity contribution in [2.24, 2.45) is 0 Å². The molecule has 0 heterocycles. The molecule has 10 N–H and O–H groups in total. The zero-order chi connectivity index (χ0) is 7.71. The Balaban J connectivity index is -0.0000000213. The molecule has 0 saturated heterocycles. The fourth-order valence-corrected chi connectivity index (χ4v) is 1.65. The fraction of sp³-hybridized carbons (Fsp3) is 0. The molecule has 0 aliphatic carbocycles. The van der Waals surface area contributed by atoms with Crippen LogP contribution < -0.4 is 0 Å². The van der Waals surface area contributed by atoms with Crippen molar-refractivity contribution in [3.8, 4) is 0 Å². The van der Waals surface area contributed by atoms with Crippen LogP contribution in [0.4, 0.5) is 0 Å². The fourth-order valence-electron chi connectivity index (χ4n) is 0.184. The number of rotatable bonds is 2. The van der Waals surface area contributed by atoms with Crippen LogP contribution in [0.15, 0.2) is 0 Å². The molecule has 0 fully saturated rings. The Hall–Kier alpha value is 2.57. The first-order valence-electron chi connectivity index (χ1n) is 1.75. The van der Waals surface area contributed by atoms with E-state index in [-0.39, 0.29) is 88.9 Å². The van der Waals surface area contributed by atoms with Crippen LogP contribution in [-0.4, -0.2) is 57.8 Å². The summed E-state index contributed by atoms with van der Waals surface area (Å²) in [6.07, 6.45) is 0. The van der Waals surface area contributed by atoms with Gasteiger partial charge in [0.25, 0.3) is 0 Å². The summed E-state index contributed by atoms with van der Waals surface area (Å²) < 4.78 is 3.24. The molecule has 0 spiro atoms. The molecule has 0 aromatic rings. The van der Waals surface area contributed by atoms with Crippen LogP contribution >= 0.6 is 0 Å². The molecule has 9 nitrogen and oxygen atoms in total. The van der Waals surface area contributed by atoms with Gasteiger partial charge in [-0.25, -0.2) is 0 Å².